The third kappa shape index (κ3) is 5.62. The number of anilines is 1. The number of amides is 2. The first-order chi connectivity index (χ1) is 12.8. The smallest absolute Gasteiger partial charge is 0.265 e. The maximum absolute atomic E-state index is 12.3. The fraction of sp³-hybridized carbons (Fsp3) is 0.300. The summed E-state index contributed by atoms with van der Waals surface area (Å²) in [5.41, 5.74) is 1.16. The molecule has 1 N–H and O–H groups in total. The summed E-state index contributed by atoms with van der Waals surface area (Å²) >= 11 is 11.9. The summed E-state index contributed by atoms with van der Waals surface area (Å²) in [6, 6.07) is 11.6. The second-order valence-electron chi connectivity index (χ2n) is 5.88. The number of hydrogen-bond acceptors (Lipinski definition) is 3. The highest BCUT2D eigenvalue weighted by Gasteiger charge is 2.17. The lowest BCUT2D eigenvalue weighted by Crippen LogP contribution is -2.31. The molecule has 0 radical (unpaired) electrons. The Bertz CT molecular complexity index is 805. The molecule has 1 atom stereocenters. The van der Waals surface area contributed by atoms with E-state index >= 15 is 0 Å². The monoisotopic (exact) mass is 408 g/mol. The molecule has 0 saturated heterocycles. The van der Waals surface area contributed by atoms with Gasteiger partial charge >= 0.3 is 0 Å². The summed E-state index contributed by atoms with van der Waals surface area (Å²) < 4.78 is 5.59. The first-order valence-electron chi connectivity index (χ1n) is 8.67. The van der Waals surface area contributed by atoms with Crippen LogP contribution in [-0.2, 0) is 4.79 Å². The predicted molar refractivity (Wildman–Crippen MR) is 109 cm³/mol. The average molecular weight is 409 g/mol. The van der Waals surface area contributed by atoms with Crippen LogP contribution in [0, 0.1) is 0 Å². The highest BCUT2D eigenvalue weighted by molar-refractivity contribution is 6.35. The van der Waals surface area contributed by atoms with Gasteiger partial charge in [0.25, 0.3) is 11.8 Å². The number of carbonyl (C=O) groups is 2. The Morgan fingerprint density at radius 1 is 1.07 bits per heavy atom. The van der Waals surface area contributed by atoms with E-state index in [1.54, 1.807) is 54.3 Å². The molecule has 0 aliphatic carbocycles. The molecule has 0 heterocycles. The summed E-state index contributed by atoms with van der Waals surface area (Å²) in [5, 5.41) is 3.58. The van der Waals surface area contributed by atoms with Crippen molar-refractivity contribution >= 4 is 40.7 Å². The van der Waals surface area contributed by atoms with Crippen molar-refractivity contribution in [2.75, 3.05) is 18.4 Å². The van der Waals surface area contributed by atoms with Crippen LogP contribution in [0.5, 0.6) is 5.75 Å². The van der Waals surface area contributed by atoms with Crippen LogP contribution in [0.15, 0.2) is 42.5 Å². The van der Waals surface area contributed by atoms with Gasteiger partial charge in [0.05, 0.1) is 5.02 Å². The van der Waals surface area contributed by atoms with Gasteiger partial charge in [-0.1, -0.05) is 23.2 Å². The van der Waals surface area contributed by atoms with E-state index in [1.807, 2.05) is 13.8 Å². The minimum Gasteiger partial charge on any atom is -0.479 e. The minimum atomic E-state index is -0.763. The zero-order valence-corrected chi connectivity index (χ0v) is 17.0. The van der Waals surface area contributed by atoms with E-state index in [0.29, 0.717) is 40.1 Å². The Morgan fingerprint density at radius 2 is 1.70 bits per heavy atom. The molecule has 27 heavy (non-hydrogen) atoms. The molecule has 5 nitrogen and oxygen atoms in total. The molecule has 0 aliphatic rings. The van der Waals surface area contributed by atoms with Gasteiger partial charge in [-0.2, -0.15) is 0 Å². The maximum Gasteiger partial charge on any atom is 0.265 e. The van der Waals surface area contributed by atoms with E-state index < -0.39 is 6.10 Å². The molecular weight excluding hydrogens is 387 g/mol. The predicted octanol–water partition coefficient (Wildman–Crippen LogP) is 4.88. The van der Waals surface area contributed by atoms with E-state index in [9.17, 15) is 9.59 Å². The third-order valence-corrected chi connectivity index (χ3v) is 4.55. The zero-order chi connectivity index (χ0) is 20.0. The summed E-state index contributed by atoms with van der Waals surface area (Å²) in [7, 11) is 0. The van der Waals surface area contributed by atoms with Crippen molar-refractivity contribution in [1.82, 2.24) is 4.90 Å². The first-order valence-corrected chi connectivity index (χ1v) is 9.43. The van der Waals surface area contributed by atoms with Crippen LogP contribution >= 0.6 is 23.2 Å². The number of nitrogens with one attached hydrogen (secondary N) is 1. The van der Waals surface area contributed by atoms with Crippen LogP contribution in [0.25, 0.3) is 0 Å². The van der Waals surface area contributed by atoms with Crippen molar-refractivity contribution < 1.29 is 14.3 Å². The van der Waals surface area contributed by atoms with Crippen molar-refractivity contribution in [2.45, 2.75) is 26.9 Å². The molecule has 2 amide bonds. The zero-order valence-electron chi connectivity index (χ0n) is 15.5. The second kappa shape index (κ2) is 9.62. The molecule has 0 aliphatic heterocycles. The minimum absolute atomic E-state index is 0.0352. The van der Waals surface area contributed by atoms with Crippen molar-refractivity contribution in [1.29, 1.82) is 0 Å². The van der Waals surface area contributed by atoms with Crippen LogP contribution in [-0.4, -0.2) is 35.9 Å². The topological polar surface area (TPSA) is 58.6 Å². The van der Waals surface area contributed by atoms with Crippen LogP contribution < -0.4 is 10.1 Å². The highest BCUT2D eigenvalue weighted by atomic mass is 35.5. The molecule has 0 aromatic heterocycles. The van der Waals surface area contributed by atoms with E-state index in [0.717, 1.165) is 0 Å². The summed E-state index contributed by atoms with van der Waals surface area (Å²) in [4.78, 5) is 26.4. The van der Waals surface area contributed by atoms with Crippen molar-refractivity contribution in [3.05, 3.63) is 58.1 Å². The van der Waals surface area contributed by atoms with Gasteiger partial charge in [-0.05, 0) is 63.2 Å². The SMILES string of the molecule is CCN(CC)C(=O)c1ccc(NC(=O)[C@H](C)Oc2ccc(Cl)cc2Cl)cc1. The Morgan fingerprint density at radius 3 is 2.26 bits per heavy atom. The van der Waals surface area contributed by atoms with E-state index in [4.69, 9.17) is 27.9 Å². The number of carbonyl (C=O) groups excluding carboxylic acids is 2. The number of halogens is 2. The second-order valence-corrected chi connectivity index (χ2v) is 6.72. The van der Waals surface area contributed by atoms with Gasteiger partial charge < -0.3 is 15.0 Å². The van der Waals surface area contributed by atoms with Gasteiger partial charge in [0.15, 0.2) is 6.10 Å². The number of nitrogens with zero attached hydrogens (tertiary/aromatic N) is 1. The molecule has 2 aromatic carbocycles. The number of ether oxygens (including phenoxy) is 1. The van der Waals surface area contributed by atoms with E-state index in [1.165, 1.54) is 0 Å². The Labute approximate surface area is 169 Å². The van der Waals surface area contributed by atoms with Gasteiger partial charge in [-0.3, -0.25) is 9.59 Å². The molecule has 0 unspecified atom stereocenters. The molecule has 7 heteroatoms. The van der Waals surface area contributed by atoms with Gasteiger partial charge in [0, 0.05) is 29.4 Å². The normalized spacial score (nSPS) is 11.6. The van der Waals surface area contributed by atoms with E-state index in [-0.39, 0.29) is 11.8 Å². The molecule has 0 fully saturated rings. The summed E-state index contributed by atoms with van der Waals surface area (Å²) in [6.07, 6.45) is -0.763. The van der Waals surface area contributed by atoms with Crippen LogP contribution in [0.4, 0.5) is 5.69 Å². The Hall–Kier alpha value is -2.24. The summed E-state index contributed by atoms with van der Waals surface area (Å²) in [6.45, 7) is 6.79. The fourth-order valence-corrected chi connectivity index (χ4v) is 2.90. The largest absolute Gasteiger partial charge is 0.479 e. The molecule has 0 bridgehead atoms. The van der Waals surface area contributed by atoms with Crippen molar-refractivity contribution in [3.8, 4) is 5.75 Å². The third-order valence-electron chi connectivity index (χ3n) is 4.02. The quantitative estimate of drug-likeness (QED) is 0.709. The van der Waals surface area contributed by atoms with Crippen molar-refractivity contribution in [2.24, 2.45) is 0 Å². The maximum atomic E-state index is 12.3. The van der Waals surface area contributed by atoms with Crippen LogP contribution in [0.3, 0.4) is 0 Å². The first kappa shape index (κ1) is 21.1. The van der Waals surface area contributed by atoms with Gasteiger partial charge in [-0.15, -0.1) is 0 Å². The van der Waals surface area contributed by atoms with Gasteiger partial charge in [0.2, 0.25) is 0 Å². The molecule has 2 aromatic rings. The molecule has 144 valence electrons. The van der Waals surface area contributed by atoms with Crippen molar-refractivity contribution in [3.63, 3.8) is 0 Å². The van der Waals surface area contributed by atoms with Crippen LogP contribution in [0.2, 0.25) is 10.0 Å². The number of rotatable bonds is 7. The lowest BCUT2D eigenvalue weighted by Gasteiger charge is -2.19. The number of benzene rings is 2. The molecule has 0 saturated carbocycles. The average Bonchev–Trinajstić information content (AvgIpc) is 2.65. The Kier molecular flexibility index (Phi) is 7.51. The standard InChI is InChI=1S/C20H22Cl2N2O3/c1-4-24(5-2)20(26)14-6-9-16(10-7-14)23-19(25)13(3)27-18-11-8-15(21)12-17(18)22/h6-13H,4-5H2,1-3H3,(H,23,25)/t13-/m0/s1. The molecular formula is C20H22Cl2N2O3. The van der Waals surface area contributed by atoms with Crippen LogP contribution in [0.1, 0.15) is 31.1 Å². The summed E-state index contributed by atoms with van der Waals surface area (Å²) in [5.74, 6) is 0.0136. The Balaban J connectivity index is 1.99. The highest BCUT2D eigenvalue weighted by Crippen LogP contribution is 2.28. The number of hydrogen-bond donors (Lipinski definition) is 1. The lowest BCUT2D eigenvalue weighted by atomic mass is 10.1. The lowest BCUT2D eigenvalue weighted by molar-refractivity contribution is -0.122. The van der Waals surface area contributed by atoms with Gasteiger partial charge in [-0.25, -0.2) is 0 Å². The van der Waals surface area contributed by atoms with Gasteiger partial charge in [0.1, 0.15) is 5.75 Å². The fourth-order valence-electron chi connectivity index (χ4n) is 2.45. The van der Waals surface area contributed by atoms with E-state index in [2.05, 4.69) is 5.32 Å². The molecule has 2 rings (SSSR count). The molecule has 0 spiro atoms.